The highest BCUT2D eigenvalue weighted by Crippen LogP contribution is 2.33. The van der Waals surface area contributed by atoms with Crippen molar-refractivity contribution in [3.8, 4) is 0 Å². The van der Waals surface area contributed by atoms with E-state index >= 15 is 0 Å². The van der Waals surface area contributed by atoms with Crippen molar-refractivity contribution in [1.29, 1.82) is 0 Å². The second-order valence-electron chi connectivity index (χ2n) is 4.60. The van der Waals surface area contributed by atoms with Gasteiger partial charge in [0.1, 0.15) is 5.78 Å². The van der Waals surface area contributed by atoms with Crippen molar-refractivity contribution in [2.24, 2.45) is 11.8 Å². The van der Waals surface area contributed by atoms with E-state index in [0.29, 0.717) is 12.8 Å². The van der Waals surface area contributed by atoms with Crippen LogP contribution in [0.5, 0.6) is 0 Å². The number of ketones is 3. The van der Waals surface area contributed by atoms with Crippen molar-refractivity contribution in [2.45, 2.75) is 44.9 Å². The lowest BCUT2D eigenvalue weighted by Crippen LogP contribution is -2.38. The molecule has 2 rings (SSSR count). The lowest BCUT2D eigenvalue weighted by Gasteiger charge is -2.29. The van der Waals surface area contributed by atoms with Gasteiger partial charge in [0.15, 0.2) is 5.78 Å². The molecule has 0 N–H and O–H groups in total. The number of hydrogen-bond donors (Lipinski definition) is 0. The van der Waals surface area contributed by atoms with Crippen molar-refractivity contribution in [2.75, 3.05) is 0 Å². The molecule has 0 heterocycles. The van der Waals surface area contributed by atoms with Gasteiger partial charge in [-0.15, -0.1) is 0 Å². The zero-order valence-electron chi connectivity index (χ0n) is 8.83. The molecule has 2 unspecified atom stereocenters. The number of hydrogen-bond acceptors (Lipinski definition) is 3. The van der Waals surface area contributed by atoms with Crippen LogP contribution in [0.2, 0.25) is 0 Å². The monoisotopic (exact) mass is 208 g/mol. The molecule has 3 nitrogen and oxygen atoms in total. The predicted octanol–water partition coefficient (Wildman–Crippen LogP) is 1.68. The Balaban J connectivity index is 2.11. The summed E-state index contributed by atoms with van der Waals surface area (Å²) in [7, 11) is 0. The smallest absolute Gasteiger partial charge is 0.202 e. The van der Waals surface area contributed by atoms with Crippen molar-refractivity contribution in [3.63, 3.8) is 0 Å². The van der Waals surface area contributed by atoms with Gasteiger partial charge in [0.05, 0.1) is 0 Å². The molecular weight excluding hydrogens is 192 g/mol. The van der Waals surface area contributed by atoms with Gasteiger partial charge in [0.2, 0.25) is 5.78 Å². The second-order valence-corrected chi connectivity index (χ2v) is 4.60. The Labute approximate surface area is 89.2 Å². The second kappa shape index (κ2) is 4.25. The van der Waals surface area contributed by atoms with Crippen LogP contribution in [0.4, 0.5) is 0 Å². The molecule has 0 radical (unpaired) electrons. The summed E-state index contributed by atoms with van der Waals surface area (Å²) < 4.78 is 0. The summed E-state index contributed by atoms with van der Waals surface area (Å²) in [6.07, 6.45) is 5.28. The molecule has 0 amide bonds. The summed E-state index contributed by atoms with van der Waals surface area (Å²) in [6, 6.07) is 0. The Morgan fingerprint density at radius 2 is 1.53 bits per heavy atom. The summed E-state index contributed by atoms with van der Waals surface area (Å²) in [5.41, 5.74) is 0. The molecule has 2 aliphatic rings. The third-order valence-electron chi connectivity index (χ3n) is 3.62. The molecule has 0 saturated heterocycles. The highest BCUT2D eigenvalue weighted by Gasteiger charge is 2.39. The lowest BCUT2D eigenvalue weighted by molar-refractivity contribution is -0.144. The number of carbonyl (C=O) groups is 3. The van der Waals surface area contributed by atoms with Gasteiger partial charge in [-0.2, -0.15) is 0 Å². The molecule has 2 aliphatic carbocycles. The van der Waals surface area contributed by atoms with Gasteiger partial charge < -0.3 is 0 Å². The Kier molecular flexibility index (Phi) is 2.98. The van der Waals surface area contributed by atoms with E-state index in [0.717, 1.165) is 32.1 Å². The molecule has 0 aliphatic heterocycles. The van der Waals surface area contributed by atoms with E-state index in [2.05, 4.69) is 0 Å². The van der Waals surface area contributed by atoms with Crippen molar-refractivity contribution < 1.29 is 14.4 Å². The third kappa shape index (κ3) is 2.01. The van der Waals surface area contributed by atoms with Crippen LogP contribution in [-0.4, -0.2) is 17.3 Å². The summed E-state index contributed by atoms with van der Waals surface area (Å²) in [5, 5.41) is 0. The molecule has 3 heteroatoms. The Hall–Kier alpha value is -0.990. The van der Waals surface area contributed by atoms with Gasteiger partial charge in [-0.3, -0.25) is 14.4 Å². The van der Waals surface area contributed by atoms with Crippen LogP contribution in [-0.2, 0) is 14.4 Å². The predicted molar refractivity (Wildman–Crippen MR) is 54.3 cm³/mol. The van der Waals surface area contributed by atoms with E-state index in [4.69, 9.17) is 0 Å². The zero-order chi connectivity index (χ0) is 10.8. The van der Waals surface area contributed by atoms with Crippen molar-refractivity contribution in [1.82, 2.24) is 0 Å². The van der Waals surface area contributed by atoms with Crippen LogP contribution in [0, 0.1) is 11.8 Å². The van der Waals surface area contributed by atoms with Crippen molar-refractivity contribution in [3.05, 3.63) is 0 Å². The maximum atomic E-state index is 11.7. The molecule has 2 fully saturated rings. The molecule has 2 saturated carbocycles. The quantitative estimate of drug-likeness (QED) is 0.616. The van der Waals surface area contributed by atoms with E-state index in [-0.39, 0.29) is 29.2 Å². The van der Waals surface area contributed by atoms with Crippen LogP contribution in [0.15, 0.2) is 0 Å². The maximum Gasteiger partial charge on any atom is 0.202 e. The first-order valence-electron chi connectivity index (χ1n) is 5.80. The minimum Gasteiger partial charge on any atom is -0.299 e. The van der Waals surface area contributed by atoms with Gasteiger partial charge in [-0.05, 0) is 25.7 Å². The van der Waals surface area contributed by atoms with Crippen LogP contribution in [0.3, 0.4) is 0 Å². The van der Waals surface area contributed by atoms with Gasteiger partial charge in [-0.1, -0.05) is 6.42 Å². The fourth-order valence-corrected chi connectivity index (χ4v) is 2.76. The Bertz CT molecular complexity index is 306. The SMILES string of the molecule is O=C1CCCC(C2CCCCC2=O)C1=O. The largest absolute Gasteiger partial charge is 0.299 e. The molecule has 0 aromatic carbocycles. The summed E-state index contributed by atoms with van der Waals surface area (Å²) >= 11 is 0. The standard InChI is InChI=1S/C12H16O3/c13-10-6-2-1-4-8(10)9-5-3-7-11(14)12(9)15/h8-9H,1-7H2. The first kappa shape index (κ1) is 10.5. The van der Waals surface area contributed by atoms with E-state index in [9.17, 15) is 14.4 Å². The van der Waals surface area contributed by atoms with E-state index in [1.54, 1.807) is 0 Å². The van der Waals surface area contributed by atoms with Crippen molar-refractivity contribution >= 4 is 17.3 Å². The highest BCUT2D eigenvalue weighted by atomic mass is 16.2. The normalized spacial score (nSPS) is 33.2. The minimum atomic E-state index is -0.279. The highest BCUT2D eigenvalue weighted by molar-refractivity contribution is 6.38. The van der Waals surface area contributed by atoms with Gasteiger partial charge in [0, 0.05) is 24.7 Å². The number of carbonyl (C=O) groups excluding carboxylic acids is 3. The third-order valence-corrected chi connectivity index (χ3v) is 3.62. The first-order chi connectivity index (χ1) is 7.20. The summed E-state index contributed by atoms with van der Waals surface area (Å²) in [5.74, 6) is -0.755. The minimum absolute atomic E-state index is 0.143. The Morgan fingerprint density at radius 3 is 2.27 bits per heavy atom. The molecule has 0 aromatic heterocycles. The molecular formula is C12H16O3. The molecule has 0 spiro atoms. The van der Waals surface area contributed by atoms with Gasteiger partial charge in [-0.25, -0.2) is 0 Å². The van der Waals surface area contributed by atoms with E-state index < -0.39 is 0 Å². The van der Waals surface area contributed by atoms with E-state index in [1.165, 1.54) is 0 Å². The topological polar surface area (TPSA) is 51.2 Å². The fraction of sp³-hybridized carbons (Fsp3) is 0.750. The summed E-state index contributed by atoms with van der Waals surface area (Å²) in [6.45, 7) is 0. The fourth-order valence-electron chi connectivity index (χ4n) is 2.76. The van der Waals surface area contributed by atoms with Crippen LogP contribution < -0.4 is 0 Å². The van der Waals surface area contributed by atoms with Crippen LogP contribution >= 0.6 is 0 Å². The average molecular weight is 208 g/mol. The van der Waals surface area contributed by atoms with Gasteiger partial charge in [0.25, 0.3) is 0 Å². The van der Waals surface area contributed by atoms with Crippen LogP contribution in [0.25, 0.3) is 0 Å². The van der Waals surface area contributed by atoms with Gasteiger partial charge >= 0.3 is 0 Å². The summed E-state index contributed by atoms with van der Waals surface area (Å²) in [4.78, 5) is 34.6. The first-order valence-corrected chi connectivity index (χ1v) is 5.80. The lowest BCUT2D eigenvalue weighted by atomic mass is 9.72. The molecule has 0 bridgehead atoms. The number of Topliss-reactive ketones (excluding diaryl/α,β-unsaturated/α-hetero) is 3. The Morgan fingerprint density at radius 1 is 0.800 bits per heavy atom. The molecule has 0 aromatic rings. The van der Waals surface area contributed by atoms with E-state index in [1.807, 2.05) is 0 Å². The van der Waals surface area contributed by atoms with Crippen LogP contribution in [0.1, 0.15) is 44.9 Å². The molecule has 82 valence electrons. The zero-order valence-corrected chi connectivity index (χ0v) is 8.83. The maximum absolute atomic E-state index is 11.7. The molecule has 2 atom stereocenters. The average Bonchev–Trinajstić information content (AvgIpc) is 2.23. The number of rotatable bonds is 1. The molecule has 15 heavy (non-hydrogen) atoms.